The van der Waals surface area contributed by atoms with Gasteiger partial charge in [0.15, 0.2) is 0 Å². The standard InChI is InChI=1S/C16H19N3.C15H21N3.C5H9N.2C2H6.I2/c1-17-9-5-10-19-11-8-16-14(12-19)13-6-3-4-7-15(13)18(16)2;1-17-14-6-3-2-5-12(14)13-11-18(9-4-8-16)10-7-15(13)17;1-3-4-5-6-2;3*1-2/h3-4,6-7H,5,8-12H2,2H3;2-3,5-6H,4,7-11,16H2,1H3;3-5H2,1H3;2*1-2H3;. The molecule has 0 fully saturated rings. The van der Waals surface area contributed by atoms with Crippen LogP contribution in [-0.4, -0.2) is 64.7 Å². The topological polar surface area (TPSA) is 51.1 Å². The van der Waals surface area contributed by atoms with Gasteiger partial charge in [0.25, 0.3) is 0 Å². The largest absolute Gasteiger partial charge is 0.347 e. The van der Waals surface area contributed by atoms with Gasteiger partial charge in [0.05, 0.1) is 0 Å². The fourth-order valence-corrected chi connectivity index (χ4v) is 6.48. The van der Waals surface area contributed by atoms with Crippen molar-refractivity contribution in [3.8, 4) is 0 Å². The van der Waals surface area contributed by atoms with Crippen molar-refractivity contribution >= 4 is 59.0 Å². The molecule has 0 saturated heterocycles. The van der Waals surface area contributed by atoms with Crippen LogP contribution >= 0.6 is 37.2 Å². The molecule has 0 aliphatic carbocycles. The summed E-state index contributed by atoms with van der Waals surface area (Å²) < 4.78 is 4.71. The van der Waals surface area contributed by atoms with Crippen LogP contribution < -0.4 is 5.73 Å². The zero-order valence-electron chi connectivity index (χ0n) is 31.2. The summed E-state index contributed by atoms with van der Waals surface area (Å²) in [5.74, 6) is 0. The third kappa shape index (κ3) is 13.2. The smallest absolute Gasteiger partial charge is 0.215 e. The zero-order valence-corrected chi connectivity index (χ0v) is 35.6. The molecule has 0 unspecified atom stereocenters. The van der Waals surface area contributed by atoms with Crippen LogP contribution in [0.3, 0.4) is 0 Å². The van der Waals surface area contributed by atoms with Gasteiger partial charge in [-0.25, -0.2) is 13.1 Å². The van der Waals surface area contributed by atoms with Crippen molar-refractivity contribution in [2.24, 2.45) is 19.8 Å². The Morgan fingerprint density at radius 3 is 1.47 bits per heavy atom. The van der Waals surface area contributed by atoms with Gasteiger partial charge < -0.3 is 24.6 Å². The van der Waals surface area contributed by atoms with E-state index in [0.717, 1.165) is 84.3 Å². The molecule has 7 nitrogen and oxygen atoms in total. The van der Waals surface area contributed by atoms with Crippen molar-refractivity contribution < 1.29 is 0 Å². The monoisotopic (exact) mass is 893 g/mol. The number of para-hydroxylation sites is 2. The van der Waals surface area contributed by atoms with E-state index in [1.165, 1.54) is 44.3 Å². The van der Waals surface area contributed by atoms with Gasteiger partial charge in [0, 0.05) is 143 Å². The zero-order chi connectivity index (χ0) is 36.6. The maximum absolute atomic E-state index is 6.85. The highest BCUT2D eigenvalue weighted by Crippen LogP contribution is 2.31. The molecule has 0 atom stereocenters. The van der Waals surface area contributed by atoms with Gasteiger partial charge in [-0.3, -0.25) is 9.80 Å². The number of benzene rings is 2. The Labute approximate surface area is 321 Å². The minimum absolute atomic E-state index is 0.652. The molecular formula is C40H61I2N7. The highest BCUT2D eigenvalue weighted by molar-refractivity contribution is 15.0. The molecule has 0 saturated carbocycles. The Bertz CT molecular complexity index is 1560. The first kappa shape index (κ1) is 44.9. The number of aryl methyl sites for hydroxylation is 2. The summed E-state index contributed by atoms with van der Waals surface area (Å²) in [5, 5.41) is 2.82. The Morgan fingerprint density at radius 1 is 0.673 bits per heavy atom. The van der Waals surface area contributed by atoms with E-state index in [1.54, 1.807) is 0 Å². The molecule has 6 rings (SSSR count). The average Bonchev–Trinajstić information content (AvgIpc) is 3.62. The third-order valence-electron chi connectivity index (χ3n) is 8.83. The van der Waals surface area contributed by atoms with E-state index in [9.17, 15) is 0 Å². The van der Waals surface area contributed by atoms with Crippen LogP contribution in [0.15, 0.2) is 48.5 Å². The number of halogens is 2. The van der Waals surface area contributed by atoms with E-state index < -0.39 is 0 Å². The summed E-state index contributed by atoms with van der Waals surface area (Å²) in [7, 11) is 4.37. The predicted molar refractivity (Wildman–Crippen MR) is 231 cm³/mol. The fraction of sp³-hybridized carbons (Fsp3) is 0.550. The third-order valence-corrected chi connectivity index (χ3v) is 8.83. The molecule has 2 N–H and O–H groups in total. The Balaban J connectivity index is 0.000000374. The van der Waals surface area contributed by atoms with E-state index in [0.29, 0.717) is 13.1 Å². The van der Waals surface area contributed by atoms with Crippen molar-refractivity contribution in [3.63, 3.8) is 0 Å². The highest BCUT2D eigenvalue weighted by atomic mass is 128. The molecule has 0 bridgehead atoms. The molecule has 0 amide bonds. The van der Waals surface area contributed by atoms with Crippen molar-refractivity contribution in [3.05, 3.63) is 93.9 Å². The lowest BCUT2D eigenvalue weighted by Crippen LogP contribution is -2.32. The van der Waals surface area contributed by atoms with Crippen LogP contribution in [0.5, 0.6) is 0 Å². The predicted octanol–water partition coefficient (Wildman–Crippen LogP) is 10.3. The van der Waals surface area contributed by atoms with Gasteiger partial charge in [-0.05, 0) is 49.2 Å². The fourth-order valence-electron chi connectivity index (χ4n) is 6.48. The lowest BCUT2D eigenvalue weighted by atomic mass is 10.0. The summed E-state index contributed by atoms with van der Waals surface area (Å²) in [4.78, 5) is 11.6. The summed E-state index contributed by atoms with van der Waals surface area (Å²) in [6.07, 6.45) is 6.57. The van der Waals surface area contributed by atoms with Crippen LogP contribution in [0, 0.1) is 13.1 Å². The molecule has 9 heteroatoms. The molecule has 2 aromatic heterocycles. The average molecular weight is 894 g/mol. The number of hydrogen-bond acceptors (Lipinski definition) is 3. The molecule has 4 heterocycles. The number of aromatic nitrogens is 2. The van der Waals surface area contributed by atoms with E-state index >= 15 is 0 Å². The number of hydrogen-bond donors (Lipinski definition) is 1. The van der Waals surface area contributed by atoms with Crippen LogP contribution in [0.1, 0.15) is 82.8 Å². The number of unbranched alkanes of at least 4 members (excludes halogenated alkanes) is 1. The Kier molecular flexibility index (Phi) is 24.4. The summed E-state index contributed by atoms with van der Waals surface area (Å²) in [6.45, 7) is 32.0. The number of fused-ring (bicyclic) bond motifs is 6. The molecule has 270 valence electrons. The first-order valence-corrected chi connectivity index (χ1v) is 24.4. The molecule has 49 heavy (non-hydrogen) atoms. The molecular weight excluding hydrogens is 832 g/mol. The first-order chi connectivity index (χ1) is 24.0. The maximum atomic E-state index is 6.85. The maximum Gasteiger partial charge on any atom is 0.215 e. The molecule has 2 aromatic carbocycles. The van der Waals surface area contributed by atoms with Crippen molar-refractivity contribution in [2.45, 2.75) is 86.2 Å². The minimum Gasteiger partial charge on any atom is -0.347 e. The number of nitrogens with two attached hydrogens (primary N) is 1. The van der Waals surface area contributed by atoms with Gasteiger partial charge in [0.1, 0.15) is 0 Å². The van der Waals surface area contributed by atoms with Gasteiger partial charge in [-0.15, -0.1) is 0 Å². The van der Waals surface area contributed by atoms with Crippen LogP contribution in [0.4, 0.5) is 0 Å². The number of nitrogens with zero attached hydrogens (tertiary/aromatic N) is 6. The molecule has 4 aromatic rings. The quantitative estimate of drug-likeness (QED) is 0.109. The second-order valence-corrected chi connectivity index (χ2v) is 11.7. The molecule has 2 aliphatic heterocycles. The van der Waals surface area contributed by atoms with Crippen molar-refractivity contribution in [2.75, 3.05) is 45.8 Å². The van der Waals surface area contributed by atoms with Crippen LogP contribution in [0.25, 0.3) is 31.5 Å². The van der Waals surface area contributed by atoms with Gasteiger partial charge in [-0.2, -0.15) is 0 Å². The van der Waals surface area contributed by atoms with Crippen molar-refractivity contribution in [1.82, 2.24) is 18.9 Å². The van der Waals surface area contributed by atoms with Gasteiger partial charge in [0.2, 0.25) is 13.1 Å². The minimum atomic E-state index is 0.652. The van der Waals surface area contributed by atoms with E-state index in [2.05, 4.69) is 135 Å². The van der Waals surface area contributed by atoms with E-state index in [-0.39, 0.29) is 0 Å². The van der Waals surface area contributed by atoms with Gasteiger partial charge in [-0.1, -0.05) is 71.0 Å². The SMILES string of the molecule is CC.CC.Cn1c2c(c3ccccc31)CN(CCCN)CC2.II.[C-]#[N+]CCCC.[C-]#[N+]CCCN1CCc2c(c3ccccc3n2C)C1. The summed E-state index contributed by atoms with van der Waals surface area (Å²) in [6, 6.07) is 17.4. The number of rotatable bonds is 8. The van der Waals surface area contributed by atoms with Gasteiger partial charge >= 0.3 is 0 Å². The summed E-state index contributed by atoms with van der Waals surface area (Å²) in [5.41, 5.74) is 14.3. The summed E-state index contributed by atoms with van der Waals surface area (Å²) >= 11 is 4.24. The lowest BCUT2D eigenvalue weighted by Gasteiger charge is -2.27. The Morgan fingerprint density at radius 2 is 1.08 bits per heavy atom. The Hall–Kier alpha value is -2.16. The molecule has 0 spiro atoms. The highest BCUT2D eigenvalue weighted by Gasteiger charge is 2.23. The molecule has 0 radical (unpaired) electrons. The molecule has 2 aliphatic rings. The van der Waals surface area contributed by atoms with E-state index in [1.807, 2.05) is 27.7 Å². The lowest BCUT2D eigenvalue weighted by molar-refractivity contribution is 0.251. The van der Waals surface area contributed by atoms with Crippen LogP contribution in [0.2, 0.25) is 0 Å². The van der Waals surface area contributed by atoms with E-state index in [4.69, 9.17) is 18.9 Å². The second kappa shape index (κ2) is 26.6. The van der Waals surface area contributed by atoms with Crippen LogP contribution in [-0.2, 0) is 40.0 Å². The first-order valence-electron chi connectivity index (χ1n) is 18.1. The van der Waals surface area contributed by atoms with Crippen molar-refractivity contribution in [1.29, 1.82) is 0 Å². The normalized spacial score (nSPS) is 13.1. The second-order valence-electron chi connectivity index (χ2n) is 11.7.